The van der Waals surface area contributed by atoms with E-state index in [1.165, 1.54) is 6.07 Å². The zero-order chi connectivity index (χ0) is 11.7. The second-order valence-corrected chi connectivity index (χ2v) is 5.55. The second kappa shape index (κ2) is 4.66. The lowest BCUT2D eigenvalue weighted by Crippen LogP contribution is -2.18. The maximum atomic E-state index is 13.6. The summed E-state index contributed by atoms with van der Waals surface area (Å²) in [6, 6.07) is 5.15. The number of Topliss-reactive ketones (excluding diaryl/α,β-unsaturated/α-hetero) is 1. The lowest BCUT2D eigenvalue weighted by atomic mass is 10.0. The number of hydrogen-bond donors (Lipinski definition) is 0. The number of carbonyl (C=O) groups is 1. The Bertz CT molecular complexity index is 412. The monoisotopic (exact) mass is 284 g/mol. The number of carbonyl (C=O) groups excluding carboxylic acids is 1. The van der Waals surface area contributed by atoms with Crippen LogP contribution in [0.3, 0.4) is 0 Å². The minimum absolute atomic E-state index is 0.215. The van der Waals surface area contributed by atoms with Gasteiger partial charge in [0.1, 0.15) is 11.6 Å². The SMILES string of the molecule is Cc1ccc(CC(Br)C(=O)C2CC2)c(F)c1. The van der Waals surface area contributed by atoms with Crippen molar-refractivity contribution in [3.8, 4) is 0 Å². The summed E-state index contributed by atoms with van der Waals surface area (Å²) in [6.07, 6.45) is 2.44. The van der Waals surface area contributed by atoms with Gasteiger partial charge in [-0.25, -0.2) is 4.39 Å². The van der Waals surface area contributed by atoms with Crippen LogP contribution in [0, 0.1) is 18.7 Å². The van der Waals surface area contributed by atoms with E-state index in [0.717, 1.165) is 18.4 Å². The van der Waals surface area contributed by atoms with Gasteiger partial charge in [0, 0.05) is 5.92 Å². The minimum atomic E-state index is -0.239. The number of aryl methyl sites for hydroxylation is 1. The number of benzene rings is 1. The molecule has 1 fully saturated rings. The molecule has 1 saturated carbocycles. The van der Waals surface area contributed by atoms with Crippen molar-refractivity contribution >= 4 is 21.7 Å². The number of halogens is 2. The normalized spacial score (nSPS) is 17.2. The van der Waals surface area contributed by atoms with Gasteiger partial charge in [0.25, 0.3) is 0 Å². The van der Waals surface area contributed by atoms with E-state index >= 15 is 0 Å². The molecule has 1 aromatic rings. The third-order valence-corrected chi connectivity index (χ3v) is 3.67. The predicted molar refractivity (Wildman–Crippen MR) is 65.3 cm³/mol. The molecule has 3 heteroatoms. The maximum Gasteiger partial charge on any atom is 0.149 e. The van der Waals surface area contributed by atoms with Crippen molar-refractivity contribution in [3.63, 3.8) is 0 Å². The first-order valence-electron chi connectivity index (χ1n) is 5.51. The molecule has 1 aliphatic carbocycles. The van der Waals surface area contributed by atoms with Gasteiger partial charge >= 0.3 is 0 Å². The maximum absolute atomic E-state index is 13.6. The molecule has 0 N–H and O–H groups in total. The molecule has 0 aliphatic heterocycles. The molecule has 0 saturated heterocycles. The van der Waals surface area contributed by atoms with E-state index < -0.39 is 0 Å². The Labute approximate surface area is 103 Å². The van der Waals surface area contributed by atoms with Crippen LogP contribution in [0.25, 0.3) is 0 Å². The summed E-state index contributed by atoms with van der Waals surface area (Å²) in [5, 5.41) is 0. The van der Waals surface area contributed by atoms with Crippen molar-refractivity contribution in [2.45, 2.75) is 31.0 Å². The largest absolute Gasteiger partial charge is 0.298 e. The van der Waals surface area contributed by atoms with E-state index in [2.05, 4.69) is 15.9 Å². The second-order valence-electron chi connectivity index (χ2n) is 4.44. The van der Waals surface area contributed by atoms with Gasteiger partial charge in [-0.3, -0.25) is 4.79 Å². The number of alkyl halides is 1. The van der Waals surface area contributed by atoms with Crippen molar-refractivity contribution in [1.29, 1.82) is 0 Å². The molecule has 0 radical (unpaired) electrons. The highest BCUT2D eigenvalue weighted by atomic mass is 79.9. The van der Waals surface area contributed by atoms with Crippen LogP contribution in [0.15, 0.2) is 18.2 Å². The van der Waals surface area contributed by atoms with Crippen molar-refractivity contribution < 1.29 is 9.18 Å². The van der Waals surface area contributed by atoms with Crippen molar-refractivity contribution in [1.82, 2.24) is 0 Å². The van der Waals surface area contributed by atoms with Crippen molar-refractivity contribution in [2.75, 3.05) is 0 Å². The minimum Gasteiger partial charge on any atom is -0.298 e. The molecule has 0 heterocycles. The Morgan fingerprint density at radius 2 is 2.25 bits per heavy atom. The van der Waals surface area contributed by atoms with Gasteiger partial charge in [0.15, 0.2) is 0 Å². The van der Waals surface area contributed by atoms with Gasteiger partial charge in [-0.2, -0.15) is 0 Å². The zero-order valence-corrected chi connectivity index (χ0v) is 10.8. The molecule has 0 amide bonds. The Balaban J connectivity index is 2.05. The summed E-state index contributed by atoms with van der Waals surface area (Å²) in [5.74, 6) is 0.228. The lowest BCUT2D eigenvalue weighted by molar-refractivity contribution is -0.119. The van der Waals surface area contributed by atoms with Gasteiger partial charge < -0.3 is 0 Å². The molecule has 86 valence electrons. The molecule has 0 bridgehead atoms. The molecular formula is C13H14BrFO. The molecular weight excluding hydrogens is 271 g/mol. The van der Waals surface area contributed by atoms with Gasteiger partial charge in [0.05, 0.1) is 4.83 Å². The van der Waals surface area contributed by atoms with E-state index in [1.807, 2.05) is 13.0 Å². The average Bonchev–Trinajstić information content (AvgIpc) is 3.04. The Kier molecular flexibility index (Phi) is 3.43. The molecule has 1 nitrogen and oxygen atoms in total. The molecule has 0 spiro atoms. The van der Waals surface area contributed by atoms with Crippen LogP contribution < -0.4 is 0 Å². The third-order valence-electron chi connectivity index (χ3n) is 2.90. The van der Waals surface area contributed by atoms with Crippen LogP contribution in [0.1, 0.15) is 24.0 Å². The molecule has 2 rings (SSSR count). The lowest BCUT2D eigenvalue weighted by Gasteiger charge is -2.09. The summed E-state index contributed by atoms with van der Waals surface area (Å²) >= 11 is 3.36. The fraction of sp³-hybridized carbons (Fsp3) is 0.462. The smallest absolute Gasteiger partial charge is 0.149 e. The van der Waals surface area contributed by atoms with Crippen LogP contribution in [-0.2, 0) is 11.2 Å². The van der Waals surface area contributed by atoms with E-state index in [-0.39, 0.29) is 22.3 Å². The van der Waals surface area contributed by atoms with Crippen LogP contribution >= 0.6 is 15.9 Å². The van der Waals surface area contributed by atoms with Gasteiger partial charge in [-0.15, -0.1) is 0 Å². The number of ketones is 1. The van der Waals surface area contributed by atoms with Gasteiger partial charge in [0.2, 0.25) is 0 Å². The van der Waals surface area contributed by atoms with Crippen molar-refractivity contribution in [3.05, 3.63) is 35.1 Å². The number of hydrogen-bond acceptors (Lipinski definition) is 1. The molecule has 0 aromatic heterocycles. The van der Waals surface area contributed by atoms with Gasteiger partial charge in [-0.05, 0) is 43.4 Å². The van der Waals surface area contributed by atoms with Gasteiger partial charge in [-0.1, -0.05) is 28.1 Å². The first kappa shape index (κ1) is 11.8. The first-order chi connectivity index (χ1) is 7.58. The first-order valence-corrected chi connectivity index (χ1v) is 6.42. The summed E-state index contributed by atoms with van der Waals surface area (Å²) in [4.78, 5) is 11.5. The highest BCUT2D eigenvalue weighted by Gasteiger charge is 2.33. The molecule has 1 atom stereocenters. The third kappa shape index (κ3) is 2.70. The summed E-state index contributed by atoms with van der Waals surface area (Å²) in [5.41, 5.74) is 1.52. The molecule has 1 aliphatic rings. The Morgan fingerprint density at radius 1 is 1.56 bits per heavy atom. The van der Waals surface area contributed by atoms with E-state index in [9.17, 15) is 9.18 Å². The Hall–Kier alpha value is -0.700. The van der Waals surface area contributed by atoms with Crippen LogP contribution in [0.2, 0.25) is 0 Å². The Morgan fingerprint density at radius 3 is 2.81 bits per heavy atom. The summed E-state index contributed by atoms with van der Waals surface area (Å²) < 4.78 is 13.6. The van der Waals surface area contributed by atoms with E-state index in [4.69, 9.17) is 0 Å². The molecule has 16 heavy (non-hydrogen) atoms. The fourth-order valence-corrected chi connectivity index (χ4v) is 2.46. The summed E-state index contributed by atoms with van der Waals surface area (Å²) in [6.45, 7) is 1.85. The van der Waals surface area contributed by atoms with Crippen LogP contribution in [-0.4, -0.2) is 10.6 Å². The van der Waals surface area contributed by atoms with Crippen molar-refractivity contribution in [2.24, 2.45) is 5.92 Å². The average molecular weight is 285 g/mol. The topological polar surface area (TPSA) is 17.1 Å². The summed E-state index contributed by atoms with van der Waals surface area (Å²) in [7, 11) is 0. The standard InChI is InChI=1S/C13H14BrFO/c1-8-2-3-10(12(15)6-8)7-11(14)13(16)9-4-5-9/h2-3,6,9,11H,4-5,7H2,1H3. The van der Waals surface area contributed by atoms with Crippen LogP contribution in [0.5, 0.6) is 0 Å². The fourth-order valence-electron chi connectivity index (χ4n) is 1.74. The highest BCUT2D eigenvalue weighted by molar-refractivity contribution is 9.10. The molecule has 1 aromatic carbocycles. The van der Waals surface area contributed by atoms with E-state index in [1.54, 1.807) is 6.07 Å². The number of rotatable bonds is 4. The molecule has 1 unspecified atom stereocenters. The zero-order valence-electron chi connectivity index (χ0n) is 9.17. The van der Waals surface area contributed by atoms with Crippen LogP contribution in [0.4, 0.5) is 4.39 Å². The quantitative estimate of drug-likeness (QED) is 0.775. The van der Waals surface area contributed by atoms with E-state index in [0.29, 0.717) is 12.0 Å². The highest BCUT2D eigenvalue weighted by Crippen LogP contribution is 2.33. The predicted octanol–water partition coefficient (Wildman–Crippen LogP) is 3.42.